The molecule has 0 fully saturated rings. The quantitative estimate of drug-likeness (QED) is 0.653. The minimum atomic E-state index is -3.17. The maximum atomic E-state index is 12.1. The Labute approximate surface area is 139 Å². The molecular weight excluding hydrogens is 310 g/mol. The number of nitrogens with two attached hydrogens (primary N) is 1. The van der Waals surface area contributed by atoms with Crippen molar-refractivity contribution in [3.05, 3.63) is 29.3 Å². The van der Waals surface area contributed by atoms with Gasteiger partial charge in [0.05, 0.1) is 17.0 Å². The van der Waals surface area contributed by atoms with Crippen LogP contribution in [0.3, 0.4) is 0 Å². The van der Waals surface area contributed by atoms with Gasteiger partial charge in [-0.15, -0.1) is 0 Å². The Morgan fingerprint density at radius 1 is 1.26 bits per heavy atom. The van der Waals surface area contributed by atoms with Gasteiger partial charge >= 0.3 is 0 Å². The van der Waals surface area contributed by atoms with E-state index < -0.39 is 14.6 Å². The van der Waals surface area contributed by atoms with E-state index in [0.29, 0.717) is 0 Å². The summed E-state index contributed by atoms with van der Waals surface area (Å²) in [5.41, 5.74) is 9.58. The minimum absolute atomic E-state index is 0.00573. The number of rotatable bonds is 4. The Hall–Kier alpha value is -1.56. The Morgan fingerprint density at radius 2 is 1.96 bits per heavy atom. The second kappa shape index (κ2) is 6.91. The highest BCUT2D eigenvalue weighted by Crippen LogP contribution is 2.27. The molecule has 0 saturated heterocycles. The van der Waals surface area contributed by atoms with Gasteiger partial charge in [0, 0.05) is 5.69 Å². The first-order valence-corrected chi connectivity index (χ1v) is 9.76. The van der Waals surface area contributed by atoms with Gasteiger partial charge in [-0.25, -0.2) is 8.42 Å². The summed E-state index contributed by atoms with van der Waals surface area (Å²) in [6, 6.07) is 6.17. The number of hydrogen-bond donors (Lipinski definition) is 2. The van der Waals surface area contributed by atoms with Crippen molar-refractivity contribution in [3.8, 4) is 0 Å². The van der Waals surface area contributed by atoms with Crippen LogP contribution in [0.4, 0.5) is 5.69 Å². The summed E-state index contributed by atoms with van der Waals surface area (Å²) < 4.78 is 23.3. The fourth-order valence-electron chi connectivity index (χ4n) is 2.67. The van der Waals surface area contributed by atoms with E-state index in [1.54, 1.807) is 20.8 Å². The van der Waals surface area contributed by atoms with Gasteiger partial charge in [-0.2, -0.15) is 0 Å². The molecule has 0 atom stereocenters. The first-order chi connectivity index (χ1) is 10.7. The molecule has 0 amide bonds. The van der Waals surface area contributed by atoms with Crippen LogP contribution < -0.4 is 11.1 Å². The number of benzene rings is 1. The fourth-order valence-corrected chi connectivity index (χ4v) is 3.61. The van der Waals surface area contributed by atoms with E-state index in [4.69, 9.17) is 5.73 Å². The molecule has 2 rings (SSSR count). The average Bonchev–Trinajstić information content (AvgIpc) is 2.46. The SMILES string of the molecule is CC(C)(C)S(=O)(=O)CCN=C(N)Nc1cccc2c1CCCC2. The lowest BCUT2D eigenvalue weighted by atomic mass is 9.90. The maximum Gasteiger partial charge on any atom is 0.193 e. The van der Waals surface area contributed by atoms with E-state index in [1.807, 2.05) is 12.1 Å². The van der Waals surface area contributed by atoms with Crippen LogP contribution in [0.1, 0.15) is 44.7 Å². The lowest BCUT2D eigenvalue weighted by molar-refractivity contribution is 0.560. The number of nitrogens with one attached hydrogen (secondary N) is 1. The van der Waals surface area contributed by atoms with Crippen molar-refractivity contribution >= 4 is 21.5 Å². The summed E-state index contributed by atoms with van der Waals surface area (Å²) in [6.45, 7) is 5.27. The molecule has 0 aromatic heterocycles. The topological polar surface area (TPSA) is 84.5 Å². The van der Waals surface area contributed by atoms with E-state index in [2.05, 4.69) is 16.4 Å². The van der Waals surface area contributed by atoms with Crippen LogP contribution in [0.2, 0.25) is 0 Å². The van der Waals surface area contributed by atoms with Gasteiger partial charge in [0.2, 0.25) is 0 Å². The molecule has 1 aliphatic rings. The standard InChI is InChI=1S/C17H27N3O2S/c1-17(2,3)23(21,22)12-11-19-16(18)20-15-10-6-8-13-7-4-5-9-14(13)15/h6,8,10H,4-5,7,9,11-12H2,1-3H3,(H3,18,19,20). The Kier molecular flexibility index (Phi) is 5.34. The van der Waals surface area contributed by atoms with Gasteiger partial charge in [0.15, 0.2) is 15.8 Å². The first kappa shape index (κ1) is 17.8. The lowest BCUT2D eigenvalue weighted by Crippen LogP contribution is -2.32. The predicted octanol–water partition coefficient (Wildman–Crippen LogP) is 2.51. The van der Waals surface area contributed by atoms with Crippen LogP contribution in [-0.4, -0.2) is 31.4 Å². The summed E-state index contributed by atoms with van der Waals surface area (Å²) in [7, 11) is -3.17. The van der Waals surface area contributed by atoms with Gasteiger partial charge in [0.1, 0.15) is 0 Å². The molecule has 0 saturated carbocycles. The number of guanidine groups is 1. The van der Waals surface area contributed by atoms with Crippen LogP contribution in [0.25, 0.3) is 0 Å². The molecule has 6 heteroatoms. The first-order valence-electron chi connectivity index (χ1n) is 8.11. The molecule has 0 aliphatic heterocycles. The van der Waals surface area contributed by atoms with Gasteiger partial charge in [-0.3, -0.25) is 4.99 Å². The van der Waals surface area contributed by atoms with Crippen molar-refractivity contribution in [1.29, 1.82) is 0 Å². The summed E-state index contributed by atoms with van der Waals surface area (Å²) in [5.74, 6) is 0.277. The van der Waals surface area contributed by atoms with E-state index >= 15 is 0 Å². The van der Waals surface area contributed by atoms with Crippen molar-refractivity contribution < 1.29 is 8.42 Å². The van der Waals surface area contributed by atoms with E-state index in [-0.39, 0.29) is 18.3 Å². The number of hydrogen-bond acceptors (Lipinski definition) is 3. The zero-order valence-corrected chi connectivity index (χ0v) is 15.0. The van der Waals surface area contributed by atoms with Crippen molar-refractivity contribution in [2.75, 3.05) is 17.6 Å². The Morgan fingerprint density at radius 3 is 2.65 bits per heavy atom. The number of anilines is 1. The zero-order valence-electron chi connectivity index (χ0n) is 14.2. The van der Waals surface area contributed by atoms with Gasteiger partial charge in [-0.05, 0) is 63.6 Å². The minimum Gasteiger partial charge on any atom is -0.370 e. The monoisotopic (exact) mass is 337 g/mol. The largest absolute Gasteiger partial charge is 0.370 e. The summed E-state index contributed by atoms with van der Waals surface area (Å²) in [4.78, 5) is 4.17. The number of nitrogens with zero attached hydrogens (tertiary/aromatic N) is 1. The molecule has 1 aromatic carbocycles. The van der Waals surface area contributed by atoms with E-state index in [0.717, 1.165) is 18.5 Å². The zero-order chi connectivity index (χ0) is 17.1. The third-order valence-electron chi connectivity index (χ3n) is 4.23. The Balaban J connectivity index is 2.01. The molecule has 5 nitrogen and oxygen atoms in total. The molecular formula is C17H27N3O2S. The van der Waals surface area contributed by atoms with Crippen molar-refractivity contribution in [1.82, 2.24) is 0 Å². The number of fused-ring (bicyclic) bond motifs is 1. The highest BCUT2D eigenvalue weighted by atomic mass is 32.2. The van der Waals surface area contributed by atoms with Crippen LogP contribution in [0, 0.1) is 0 Å². The summed E-state index contributed by atoms with van der Waals surface area (Å²) in [6.07, 6.45) is 4.56. The molecule has 0 heterocycles. The third-order valence-corrected chi connectivity index (χ3v) is 6.82. The average molecular weight is 337 g/mol. The predicted molar refractivity (Wildman–Crippen MR) is 96.7 cm³/mol. The van der Waals surface area contributed by atoms with Crippen LogP contribution in [0.15, 0.2) is 23.2 Å². The molecule has 0 unspecified atom stereocenters. The van der Waals surface area contributed by atoms with E-state index in [1.165, 1.54) is 24.0 Å². The molecule has 0 radical (unpaired) electrons. The normalized spacial score (nSPS) is 16.0. The summed E-state index contributed by atoms with van der Waals surface area (Å²) >= 11 is 0. The van der Waals surface area contributed by atoms with Crippen LogP contribution in [0.5, 0.6) is 0 Å². The Bertz CT molecular complexity index is 688. The molecule has 1 aromatic rings. The second-order valence-corrected chi connectivity index (χ2v) is 9.84. The second-order valence-electron chi connectivity index (χ2n) is 6.97. The molecule has 23 heavy (non-hydrogen) atoms. The maximum absolute atomic E-state index is 12.1. The molecule has 1 aliphatic carbocycles. The van der Waals surface area contributed by atoms with Gasteiger partial charge in [-0.1, -0.05) is 12.1 Å². The lowest BCUT2D eigenvalue weighted by Gasteiger charge is -2.20. The van der Waals surface area contributed by atoms with Crippen molar-refractivity contribution in [2.45, 2.75) is 51.2 Å². The van der Waals surface area contributed by atoms with Gasteiger partial charge in [0.25, 0.3) is 0 Å². The van der Waals surface area contributed by atoms with E-state index in [9.17, 15) is 8.42 Å². The highest BCUT2D eigenvalue weighted by molar-refractivity contribution is 7.92. The molecule has 0 spiro atoms. The van der Waals surface area contributed by atoms with Crippen molar-refractivity contribution in [2.24, 2.45) is 10.7 Å². The van der Waals surface area contributed by atoms with Crippen LogP contribution >= 0.6 is 0 Å². The van der Waals surface area contributed by atoms with Crippen molar-refractivity contribution in [3.63, 3.8) is 0 Å². The molecule has 0 bridgehead atoms. The van der Waals surface area contributed by atoms with Gasteiger partial charge < -0.3 is 11.1 Å². The fraction of sp³-hybridized carbons (Fsp3) is 0.588. The summed E-state index contributed by atoms with van der Waals surface area (Å²) in [5, 5.41) is 3.13. The number of aliphatic imine (C=N–C) groups is 1. The molecule has 3 N–H and O–H groups in total. The van der Waals surface area contributed by atoms with Crippen LogP contribution in [-0.2, 0) is 22.7 Å². The number of sulfone groups is 1. The molecule has 128 valence electrons. The number of aryl methyl sites for hydroxylation is 1. The smallest absolute Gasteiger partial charge is 0.193 e. The third kappa shape index (κ3) is 4.47. The highest BCUT2D eigenvalue weighted by Gasteiger charge is 2.28.